The Kier molecular flexibility index (Phi) is 6.78. The summed E-state index contributed by atoms with van der Waals surface area (Å²) in [4.78, 5) is 13.3. The molecule has 0 spiro atoms. The van der Waals surface area contributed by atoms with Gasteiger partial charge in [0.1, 0.15) is 12.4 Å². The number of aliphatic hydroxyl groups excluding tert-OH is 1. The number of ether oxygens (including phenoxy) is 1. The van der Waals surface area contributed by atoms with E-state index in [9.17, 15) is 22.7 Å². The lowest BCUT2D eigenvalue weighted by molar-refractivity contribution is 0.103. The number of halogens is 2. The van der Waals surface area contributed by atoms with E-state index in [0.29, 0.717) is 17.5 Å². The Hall–Kier alpha value is -2.75. The van der Waals surface area contributed by atoms with Gasteiger partial charge in [-0.25, -0.2) is 12.8 Å². The summed E-state index contributed by atoms with van der Waals surface area (Å²) >= 11 is 5.82. The monoisotopic (exact) mass is 466 g/mol. The molecular weight excluding hydrogens is 447 g/mol. The van der Waals surface area contributed by atoms with Gasteiger partial charge in [-0.05, 0) is 42.3 Å². The van der Waals surface area contributed by atoms with Crippen LogP contribution in [0.25, 0.3) is 16.8 Å². The first-order valence-corrected chi connectivity index (χ1v) is 11.6. The van der Waals surface area contributed by atoms with Gasteiger partial charge < -0.3 is 9.84 Å². The number of aromatic nitrogens is 2. The third kappa shape index (κ3) is 5.12. The minimum Gasteiger partial charge on any atom is -0.485 e. The second-order valence-corrected chi connectivity index (χ2v) is 9.30. The van der Waals surface area contributed by atoms with Crippen LogP contribution in [-0.4, -0.2) is 42.3 Å². The van der Waals surface area contributed by atoms with Gasteiger partial charge in [-0.1, -0.05) is 30.7 Å². The van der Waals surface area contributed by atoms with E-state index in [1.54, 1.807) is 6.92 Å². The van der Waals surface area contributed by atoms with E-state index in [2.05, 4.69) is 5.10 Å². The fourth-order valence-electron chi connectivity index (χ4n) is 2.76. The molecule has 10 heteroatoms. The molecule has 1 atom stereocenters. The maximum absolute atomic E-state index is 13.5. The third-order valence-corrected chi connectivity index (χ3v) is 5.98. The van der Waals surface area contributed by atoms with Gasteiger partial charge in [0, 0.05) is 11.8 Å². The standard InChI is InChI=1S/C21H20ClFN2O5S/c1-3-15(26)12-30-20-17(13-4-7-16(8-5-13)31(2,28)29)11-24-25(21(20)27)14-6-9-19(23)18(22)10-14/h4-11,15,26H,3,12H2,1-2H3. The summed E-state index contributed by atoms with van der Waals surface area (Å²) in [6, 6.07) is 9.63. The van der Waals surface area contributed by atoms with Gasteiger partial charge in [0.05, 0.1) is 27.9 Å². The number of hydrogen-bond acceptors (Lipinski definition) is 6. The molecule has 0 aliphatic carbocycles. The highest BCUT2D eigenvalue weighted by Gasteiger charge is 2.18. The number of hydrogen-bond donors (Lipinski definition) is 1. The highest BCUT2D eigenvalue weighted by Crippen LogP contribution is 2.28. The summed E-state index contributed by atoms with van der Waals surface area (Å²) in [5.74, 6) is -0.723. The van der Waals surface area contributed by atoms with Crippen molar-refractivity contribution in [3.63, 3.8) is 0 Å². The molecular formula is C21H20ClFN2O5S. The first-order chi connectivity index (χ1) is 14.6. The van der Waals surface area contributed by atoms with E-state index in [0.717, 1.165) is 17.0 Å². The van der Waals surface area contributed by atoms with Crippen LogP contribution in [0.3, 0.4) is 0 Å². The van der Waals surface area contributed by atoms with Gasteiger partial charge in [-0.15, -0.1) is 0 Å². The molecule has 164 valence electrons. The van der Waals surface area contributed by atoms with E-state index in [4.69, 9.17) is 16.3 Å². The van der Waals surface area contributed by atoms with Crippen molar-refractivity contribution in [3.05, 3.63) is 69.9 Å². The molecule has 0 amide bonds. The Morgan fingerprint density at radius 3 is 2.48 bits per heavy atom. The smallest absolute Gasteiger partial charge is 0.314 e. The lowest BCUT2D eigenvalue weighted by atomic mass is 10.1. The number of nitrogens with zero attached hydrogens (tertiary/aromatic N) is 2. The second kappa shape index (κ2) is 9.17. The quantitative estimate of drug-likeness (QED) is 0.574. The van der Waals surface area contributed by atoms with Crippen LogP contribution in [0.1, 0.15) is 13.3 Å². The lowest BCUT2D eigenvalue weighted by Crippen LogP contribution is -2.26. The first kappa shape index (κ1) is 22.9. The van der Waals surface area contributed by atoms with E-state index in [-0.39, 0.29) is 28.0 Å². The number of rotatable bonds is 7. The zero-order valence-electron chi connectivity index (χ0n) is 16.7. The Morgan fingerprint density at radius 2 is 1.90 bits per heavy atom. The van der Waals surface area contributed by atoms with Crippen LogP contribution in [0, 0.1) is 5.82 Å². The van der Waals surface area contributed by atoms with Crippen LogP contribution in [0.15, 0.2) is 58.4 Å². The first-order valence-electron chi connectivity index (χ1n) is 9.31. The van der Waals surface area contributed by atoms with Gasteiger partial charge in [0.25, 0.3) is 0 Å². The highest BCUT2D eigenvalue weighted by molar-refractivity contribution is 7.90. The van der Waals surface area contributed by atoms with Crippen LogP contribution in [-0.2, 0) is 9.84 Å². The van der Waals surface area contributed by atoms with Crippen LogP contribution < -0.4 is 10.3 Å². The Bertz CT molecular complexity index is 1260. The molecule has 1 heterocycles. The van der Waals surface area contributed by atoms with Crippen LogP contribution >= 0.6 is 11.6 Å². The Balaban J connectivity index is 2.13. The van der Waals surface area contributed by atoms with E-state index < -0.39 is 27.3 Å². The van der Waals surface area contributed by atoms with Crippen molar-refractivity contribution in [2.24, 2.45) is 0 Å². The summed E-state index contributed by atoms with van der Waals surface area (Å²) in [7, 11) is -3.38. The van der Waals surface area contributed by atoms with Crippen molar-refractivity contribution in [1.29, 1.82) is 0 Å². The maximum atomic E-state index is 13.5. The third-order valence-electron chi connectivity index (χ3n) is 4.57. The zero-order chi connectivity index (χ0) is 22.8. The molecule has 1 N–H and O–H groups in total. The van der Waals surface area contributed by atoms with Crippen molar-refractivity contribution in [2.75, 3.05) is 12.9 Å². The summed E-state index contributed by atoms with van der Waals surface area (Å²) in [5.41, 5.74) is 0.409. The van der Waals surface area contributed by atoms with E-state index in [1.807, 2.05) is 0 Å². The largest absolute Gasteiger partial charge is 0.485 e. The molecule has 31 heavy (non-hydrogen) atoms. The number of sulfone groups is 1. The van der Waals surface area contributed by atoms with Crippen molar-refractivity contribution in [2.45, 2.75) is 24.3 Å². The van der Waals surface area contributed by atoms with Gasteiger partial charge in [0.15, 0.2) is 15.6 Å². The molecule has 0 radical (unpaired) electrons. The van der Waals surface area contributed by atoms with Crippen molar-refractivity contribution in [1.82, 2.24) is 9.78 Å². The molecule has 0 bridgehead atoms. The van der Waals surface area contributed by atoms with Gasteiger partial charge >= 0.3 is 5.56 Å². The number of aliphatic hydroxyl groups is 1. The normalized spacial score (nSPS) is 12.5. The lowest BCUT2D eigenvalue weighted by Gasteiger charge is -2.15. The van der Waals surface area contributed by atoms with Gasteiger partial charge in [-0.3, -0.25) is 4.79 Å². The minimum atomic E-state index is -3.38. The fourth-order valence-corrected chi connectivity index (χ4v) is 3.57. The average Bonchev–Trinajstić information content (AvgIpc) is 2.74. The Labute approximate surface area is 183 Å². The molecule has 0 saturated heterocycles. The van der Waals surface area contributed by atoms with Crippen molar-refractivity contribution >= 4 is 21.4 Å². The summed E-state index contributed by atoms with van der Waals surface area (Å²) in [6.07, 6.45) is 2.11. The summed E-state index contributed by atoms with van der Waals surface area (Å²) in [6.45, 7) is 1.64. The molecule has 2 aromatic carbocycles. The number of benzene rings is 2. The van der Waals surface area contributed by atoms with Crippen LogP contribution in [0.2, 0.25) is 5.02 Å². The SMILES string of the molecule is CCC(O)COc1c(-c2ccc(S(C)(=O)=O)cc2)cnn(-c2ccc(F)c(Cl)c2)c1=O. The molecule has 7 nitrogen and oxygen atoms in total. The fraction of sp³-hybridized carbons (Fsp3) is 0.238. The predicted octanol–water partition coefficient (Wildman–Crippen LogP) is 3.25. The highest BCUT2D eigenvalue weighted by atomic mass is 35.5. The maximum Gasteiger partial charge on any atom is 0.314 e. The summed E-state index contributed by atoms with van der Waals surface area (Å²) < 4.78 is 43.6. The van der Waals surface area contributed by atoms with Crippen LogP contribution in [0.5, 0.6) is 5.75 Å². The molecule has 3 rings (SSSR count). The molecule has 0 aliphatic heterocycles. The van der Waals surface area contributed by atoms with Crippen LogP contribution in [0.4, 0.5) is 4.39 Å². The van der Waals surface area contributed by atoms with E-state index >= 15 is 0 Å². The van der Waals surface area contributed by atoms with Crippen molar-refractivity contribution in [3.8, 4) is 22.6 Å². The second-order valence-electron chi connectivity index (χ2n) is 6.87. The van der Waals surface area contributed by atoms with Gasteiger partial charge in [-0.2, -0.15) is 9.78 Å². The van der Waals surface area contributed by atoms with Gasteiger partial charge in [0.2, 0.25) is 0 Å². The average molecular weight is 467 g/mol. The van der Waals surface area contributed by atoms with E-state index in [1.165, 1.54) is 42.6 Å². The molecule has 0 saturated carbocycles. The minimum absolute atomic E-state index is 0.0879. The van der Waals surface area contributed by atoms with Crippen molar-refractivity contribution < 1.29 is 22.7 Å². The predicted molar refractivity (Wildman–Crippen MR) is 115 cm³/mol. The molecule has 3 aromatic rings. The molecule has 0 aliphatic rings. The topological polar surface area (TPSA) is 98.5 Å². The summed E-state index contributed by atoms with van der Waals surface area (Å²) in [5, 5.41) is 13.8. The zero-order valence-corrected chi connectivity index (χ0v) is 18.3. The molecule has 1 aromatic heterocycles. The molecule has 1 unspecified atom stereocenters. The Morgan fingerprint density at radius 1 is 1.23 bits per heavy atom. The molecule has 0 fully saturated rings.